The van der Waals surface area contributed by atoms with Crippen LogP contribution in [0.4, 0.5) is 5.82 Å². The van der Waals surface area contributed by atoms with E-state index in [0.29, 0.717) is 13.1 Å². The monoisotopic (exact) mass is 332 g/mol. The van der Waals surface area contributed by atoms with Crippen molar-refractivity contribution >= 4 is 17.6 Å². The summed E-state index contributed by atoms with van der Waals surface area (Å²) in [6.07, 6.45) is 1.77. The van der Waals surface area contributed by atoms with Crippen molar-refractivity contribution in [2.45, 2.75) is 40.2 Å². The summed E-state index contributed by atoms with van der Waals surface area (Å²) < 4.78 is 0. The average Bonchev–Trinajstić information content (AvgIpc) is 2.53. The number of pyridine rings is 1. The van der Waals surface area contributed by atoms with Gasteiger partial charge in [-0.05, 0) is 46.8 Å². The Morgan fingerprint density at radius 1 is 1.04 bits per heavy atom. The molecule has 132 valence electrons. The minimum absolute atomic E-state index is 0.120. The Kier molecular flexibility index (Phi) is 5.16. The number of carbonyl (C=O) groups excluding carboxylic acids is 2. The topological polar surface area (TPSA) is 65.5 Å². The van der Waals surface area contributed by atoms with Crippen molar-refractivity contribution < 1.29 is 9.59 Å². The summed E-state index contributed by atoms with van der Waals surface area (Å²) in [7, 11) is 0. The maximum atomic E-state index is 12.8. The van der Waals surface area contributed by atoms with Gasteiger partial charge in [0.2, 0.25) is 11.8 Å². The molecule has 6 nitrogen and oxygen atoms in total. The highest BCUT2D eigenvalue weighted by molar-refractivity contribution is 6.04. The van der Waals surface area contributed by atoms with E-state index < -0.39 is 5.41 Å². The number of nitrogens with one attached hydrogen (secondary N) is 1. The molecule has 24 heavy (non-hydrogen) atoms. The normalized spacial score (nSPS) is 16.0. The van der Waals surface area contributed by atoms with Gasteiger partial charge in [0.1, 0.15) is 11.2 Å². The van der Waals surface area contributed by atoms with Crippen LogP contribution in [0.15, 0.2) is 24.4 Å². The van der Waals surface area contributed by atoms with E-state index in [1.165, 1.54) is 0 Å². The van der Waals surface area contributed by atoms with E-state index in [4.69, 9.17) is 0 Å². The number of amides is 2. The van der Waals surface area contributed by atoms with E-state index in [0.717, 1.165) is 18.9 Å². The van der Waals surface area contributed by atoms with Crippen LogP contribution in [-0.4, -0.2) is 53.4 Å². The summed E-state index contributed by atoms with van der Waals surface area (Å²) >= 11 is 0. The quantitative estimate of drug-likeness (QED) is 0.855. The molecule has 6 heteroatoms. The standard InChI is InChI=1S/C18H28N4O2/c1-17(2,3)20-15(23)18(4,5)16(24)22-12-10-21(11-13-22)14-8-6-7-9-19-14/h6-9H,10-13H2,1-5H3,(H,20,23). The van der Waals surface area contributed by atoms with Crippen LogP contribution < -0.4 is 10.2 Å². The van der Waals surface area contributed by atoms with Crippen LogP contribution in [0.2, 0.25) is 0 Å². The Morgan fingerprint density at radius 2 is 1.67 bits per heavy atom. The van der Waals surface area contributed by atoms with Gasteiger partial charge in [-0.1, -0.05) is 6.07 Å². The number of carbonyl (C=O) groups is 2. The fraction of sp³-hybridized carbons (Fsp3) is 0.611. The molecule has 1 aliphatic rings. The second-order valence-electron chi connectivity index (χ2n) is 7.80. The van der Waals surface area contributed by atoms with Crippen LogP contribution in [0, 0.1) is 5.41 Å². The highest BCUT2D eigenvalue weighted by atomic mass is 16.2. The third kappa shape index (κ3) is 4.24. The largest absolute Gasteiger partial charge is 0.353 e. The van der Waals surface area contributed by atoms with Crippen LogP contribution in [0.1, 0.15) is 34.6 Å². The van der Waals surface area contributed by atoms with Crippen LogP contribution >= 0.6 is 0 Å². The number of aromatic nitrogens is 1. The van der Waals surface area contributed by atoms with Crippen molar-refractivity contribution in [3.63, 3.8) is 0 Å². The summed E-state index contributed by atoms with van der Waals surface area (Å²) in [5.74, 6) is 0.575. The predicted octanol–water partition coefficient (Wildman–Crippen LogP) is 1.67. The number of anilines is 1. The molecule has 0 bridgehead atoms. The van der Waals surface area contributed by atoms with Crippen molar-refractivity contribution in [1.82, 2.24) is 15.2 Å². The van der Waals surface area contributed by atoms with Gasteiger partial charge in [0, 0.05) is 37.9 Å². The van der Waals surface area contributed by atoms with Gasteiger partial charge in [-0.25, -0.2) is 4.98 Å². The Labute approximate surface area is 144 Å². The van der Waals surface area contributed by atoms with Gasteiger partial charge in [0.25, 0.3) is 0 Å². The van der Waals surface area contributed by atoms with E-state index in [1.54, 1.807) is 24.9 Å². The SMILES string of the molecule is CC(C)(C)NC(=O)C(C)(C)C(=O)N1CCN(c2ccccn2)CC1. The molecule has 1 aliphatic heterocycles. The second kappa shape index (κ2) is 6.79. The second-order valence-corrected chi connectivity index (χ2v) is 7.80. The summed E-state index contributed by atoms with van der Waals surface area (Å²) in [6, 6.07) is 5.82. The summed E-state index contributed by atoms with van der Waals surface area (Å²) in [5.41, 5.74) is -1.42. The fourth-order valence-electron chi connectivity index (χ4n) is 2.67. The van der Waals surface area contributed by atoms with Crippen molar-refractivity contribution in [1.29, 1.82) is 0 Å². The molecule has 2 rings (SSSR count). The van der Waals surface area contributed by atoms with Gasteiger partial charge < -0.3 is 15.1 Å². The first-order valence-corrected chi connectivity index (χ1v) is 8.39. The molecular formula is C18H28N4O2. The number of nitrogens with zero attached hydrogens (tertiary/aromatic N) is 3. The van der Waals surface area contributed by atoms with E-state index in [1.807, 2.05) is 39.0 Å². The van der Waals surface area contributed by atoms with Crippen LogP contribution in [0.3, 0.4) is 0 Å². The van der Waals surface area contributed by atoms with Crippen LogP contribution in [-0.2, 0) is 9.59 Å². The third-order valence-corrected chi connectivity index (χ3v) is 4.13. The third-order valence-electron chi connectivity index (χ3n) is 4.13. The lowest BCUT2D eigenvalue weighted by Crippen LogP contribution is -2.57. The molecule has 0 saturated carbocycles. The minimum atomic E-state index is -1.07. The van der Waals surface area contributed by atoms with E-state index in [2.05, 4.69) is 15.2 Å². The molecule has 0 atom stereocenters. The highest BCUT2D eigenvalue weighted by Crippen LogP contribution is 2.22. The maximum absolute atomic E-state index is 12.8. The zero-order valence-electron chi connectivity index (χ0n) is 15.3. The van der Waals surface area contributed by atoms with E-state index >= 15 is 0 Å². The van der Waals surface area contributed by atoms with Crippen LogP contribution in [0.5, 0.6) is 0 Å². The number of hydrogen-bond acceptors (Lipinski definition) is 4. The first-order valence-electron chi connectivity index (χ1n) is 8.39. The van der Waals surface area contributed by atoms with Gasteiger partial charge in [-0.2, -0.15) is 0 Å². The van der Waals surface area contributed by atoms with E-state index in [-0.39, 0.29) is 17.4 Å². The molecule has 0 unspecified atom stereocenters. The highest BCUT2D eigenvalue weighted by Gasteiger charge is 2.41. The molecule has 0 aromatic carbocycles. The van der Waals surface area contributed by atoms with Crippen molar-refractivity contribution in [3.8, 4) is 0 Å². The Hall–Kier alpha value is -2.11. The van der Waals surface area contributed by atoms with Gasteiger partial charge in [-0.15, -0.1) is 0 Å². The Bertz CT molecular complexity index is 585. The van der Waals surface area contributed by atoms with Gasteiger partial charge in [0.15, 0.2) is 0 Å². The fourth-order valence-corrected chi connectivity index (χ4v) is 2.67. The van der Waals surface area contributed by atoms with Crippen molar-refractivity contribution in [3.05, 3.63) is 24.4 Å². The van der Waals surface area contributed by atoms with Gasteiger partial charge >= 0.3 is 0 Å². The van der Waals surface area contributed by atoms with Gasteiger partial charge in [0.05, 0.1) is 0 Å². The molecular weight excluding hydrogens is 304 g/mol. The minimum Gasteiger partial charge on any atom is -0.353 e. The lowest BCUT2D eigenvalue weighted by molar-refractivity contribution is -0.149. The number of hydrogen-bond donors (Lipinski definition) is 1. The molecule has 1 fully saturated rings. The molecule has 0 radical (unpaired) electrons. The Morgan fingerprint density at radius 3 is 2.17 bits per heavy atom. The van der Waals surface area contributed by atoms with E-state index in [9.17, 15) is 9.59 Å². The summed E-state index contributed by atoms with van der Waals surface area (Å²) in [6.45, 7) is 11.8. The molecule has 1 saturated heterocycles. The molecule has 0 aliphatic carbocycles. The lowest BCUT2D eigenvalue weighted by atomic mass is 9.88. The lowest BCUT2D eigenvalue weighted by Gasteiger charge is -2.39. The zero-order chi connectivity index (χ0) is 18.0. The number of rotatable bonds is 3. The van der Waals surface area contributed by atoms with Gasteiger partial charge in [-0.3, -0.25) is 9.59 Å². The van der Waals surface area contributed by atoms with Crippen molar-refractivity contribution in [2.24, 2.45) is 5.41 Å². The summed E-state index contributed by atoms with van der Waals surface area (Å²) in [5, 5.41) is 2.91. The first-order chi connectivity index (χ1) is 11.1. The smallest absolute Gasteiger partial charge is 0.237 e. The first kappa shape index (κ1) is 18.2. The molecule has 1 N–H and O–H groups in total. The molecule has 1 aromatic heterocycles. The number of piperazine rings is 1. The Balaban J connectivity index is 1.98. The van der Waals surface area contributed by atoms with Crippen molar-refractivity contribution in [2.75, 3.05) is 31.1 Å². The maximum Gasteiger partial charge on any atom is 0.237 e. The molecule has 1 aromatic rings. The predicted molar refractivity (Wildman–Crippen MR) is 94.7 cm³/mol. The molecule has 0 spiro atoms. The van der Waals surface area contributed by atoms with Crippen LogP contribution in [0.25, 0.3) is 0 Å². The molecule has 2 amide bonds. The summed E-state index contributed by atoms with van der Waals surface area (Å²) in [4.78, 5) is 33.6. The zero-order valence-corrected chi connectivity index (χ0v) is 15.3. The average molecular weight is 332 g/mol. The molecule has 2 heterocycles.